The Balaban J connectivity index is 1.33. The van der Waals surface area contributed by atoms with E-state index in [0.717, 1.165) is 23.3 Å². The van der Waals surface area contributed by atoms with Crippen LogP contribution in [0.2, 0.25) is 0 Å². The van der Waals surface area contributed by atoms with Crippen molar-refractivity contribution < 1.29 is 9.53 Å². The summed E-state index contributed by atoms with van der Waals surface area (Å²) in [6.07, 6.45) is 3.08. The van der Waals surface area contributed by atoms with Crippen LogP contribution in [-0.4, -0.2) is 5.97 Å². The van der Waals surface area contributed by atoms with Crippen molar-refractivity contribution in [3.63, 3.8) is 0 Å². The number of fused-ring (bicyclic) bond motifs is 4. The summed E-state index contributed by atoms with van der Waals surface area (Å²) >= 11 is 0. The zero-order valence-electron chi connectivity index (χ0n) is 18.5. The van der Waals surface area contributed by atoms with Gasteiger partial charge in [0.05, 0.1) is 0 Å². The van der Waals surface area contributed by atoms with Crippen molar-refractivity contribution in [1.29, 1.82) is 0 Å². The Morgan fingerprint density at radius 3 is 2.23 bits per heavy atom. The van der Waals surface area contributed by atoms with E-state index in [2.05, 4.69) is 68.4 Å². The van der Waals surface area contributed by atoms with Crippen LogP contribution in [-0.2, 0) is 15.1 Å². The standard InChI is InChI=1S/C28H32O2/c1-17-18(2)26-15-22(17)13-24(26)16-27(29)30-28(3,4)25-10-9-21-11-19-7-5-6-8-20(19)12-23(21)14-25/h5-12,14,17-18,22,24,26H,13,15-16H2,1-4H3. The van der Waals surface area contributed by atoms with Gasteiger partial charge in [-0.1, -0.05) is 50.2 Å². The molecule has 0 aromatic heterocycles. The van der Waals surface area contributed by atoms with Crippen LogP contribution < -0.4 is 0 Å². The van der Waals surface area contributed by atoms with Crippen LogP contribution in [0, 0.1) is 29.6 Å². The largest absolute Gasteiger partial charge is 0.455 e. The quantitative estimate of drug-likeness (QED) is 0.345. The highest BCUT2D eigenvalue weighted by atomic mass is 16.6. The third-order valence-electron chi connectivity index (χ3n) is 8.23. The number of carbonyl (C=O) groups is 1. The average molecular weight is 401 g/mol. The number of esters is 1. The lowest BCUT2D eigenvalue weighted by Crippen LogP contribution is -2.30. The van der Waals surface area contributed by atoms with Crippen molar-refractivity contribution in [2.75, 3.05) is 0 Å². The molecule has 2 nitrogen and oxygen atoms in total. The monoisotopic (exact) mass is 400 g/mol. The van der Waals surface area contributed by atoms with Gasteiger partial charge in [0.15, 0.2) is 0 Å². The van der Waals surface area contributed by atoms with Gasteiger partial charge >= 0.3 is 5.97 Å². The molecule has 2 bridgehead atoms. The van der Waals surface area contributed by atoms with Gasteiger partial charge < -0.3 is 4.74 Å². The second-order valence-electron chi connectivity index (χ2n) is 10.3. The molecule has 0 N–H and O–H groups in total. The number of benzene rings is 3. The molecule has 0 heterocycles. The first-order valence-corrected chi connectivity index (χ1v) is 11.5. The van der Waals surface area contributed by atoms with E-state index < -0.39 is 5.60 Å². The van der Waals surface area contributed by atoms with Crippen LogP contribution in [0.4, 0.5) is 0 Å². The smallest absolute Gasteiger partial charge is 0.306 e. The second-order valence-corrected chi connectivity index (χ2v) is 10.3. The Hall–Kier alpha value is -2.35. The molecule has 156 valence electrons. The van der Waals surface area contributed by atoms with E-state index in [9.17, 15) is 4.79 Å². The molecule has 0 radical (unpaired) electrons. The van der Waals surface area contributed by atoms with Crippen molar-refractivity contribution in [3.05, 3.63) is 60.2 Å². The molecule has 2 fully saturated rings. The predicted molar refractivity (Wildman–Crippen MR) is 123 cm³/mol. The molecule has 5 unspecified atom stereocenters. The lowest BCUT2D eigenvalue weighted by atomic mass is 9.74. The molecule has 0 aliphatic heterocycles. The highest BCUT2D eigenvalue weighted by molar-refractivity contribution is 5.98. The maximum atomic E-state index is 12.9. The molecule has 5 rings (SSSR count). The molecule has 0 spiro atoms. The van der Waals surface area contributed by atoms with Gasteiger partial charge in [0, 0.05) is 6.42 Å². The molecule has 2 aliphatic rings. The van der Waals surface area contributed by atoms with Crippen molar-refractivity contribution in [1.82, 2.24) is 0 Å². The van der Waals surface area contributed by atoms with Crippen LogP contribution >= 0.6 is 0 Å². The van der Waals surface area contributed by atoms with Gasteiger partial charge in [-0.15, -0.1) is 0 Å². The predicted octanol–water partition coefficient (Wildman–Crippen LogP) is 7.09. The summed E-state index contributed by atoms with van der Waals surface area (Å²) in [6.45, 7) is 8.78. The Morgan fingerprint density at radius 1 is 0.900 bits per heavy atom. The van der Waals surface area contributed by atoms with Crippen molar-refractivity contribution >= 4 is 27.5 Å². The Kier molecular flexibility index (Phi) is 4.65. The normalized spacial score (nSPS) is 28.3. The van der Waals surface area contributed by atoms with Crippen molar-refractivity contribution in [3.8, 4) is 0 Å². The molecule has 5 atom stereocenters. The molecule has 30 heavy (non-hydrogen) atoms. The van der Waals surface area contributed by atoms with Crippen molar-refractivity contribution in [2.24, 2.45) is 29.6 Å². The SMILES string of the molecule is CC1C2CC(CC(=O)OC(C)(C)c3ccc4cc5ccccc5cc4c3)C(C2)C1C. The van der Waals surface area contributed by atoms with Crippen LogP contribution in [0.25, 0.3) is 21.5 Å². The van der Waals surface area contributed by atoms with Gasteiger partial charge in [0.2, 0.25) is 0 Å². The van der Waals surface area contributed by atoms with E-state index in [4.69, 9.17) is 4.74 Å². The lowest BCUT2D eigenvalue weighted by molar-refractivity contribution is -0.159. The summed E-state index contributed by atoms with van der Waals surface area (Å²) in [7, 11) is 0. The van der Waals surface area contributed by atoms with E-state index in [1.807, 2.05) is 13.8 Å². The average Bonchev–Trinajstić information content (AvgIpc) is 3.24. The first-order valence-electron chi connectivity index (χ1n) is 11.5. The minimum absolute atomic E-state index is 0.0454. The van der Waals surface area contributed by atoms with Gasteiger partial charge in [0.1, 0.15) is 5.60 Å². The van der Waals surface area contributed by atoms with Crippen LogP contribution in [0.3, 0.4) is 0 Å². The highest BCUT2D eigenvalue weighted by Crippen LogP contribution is 2.56. The Morgan fingerprint density at radius 2 is 1.57 bits per heavy atom. The molecule has 3 aromatic carbocycles. The number of hydrogen-bond acceptors (Lipinski definition) is 2. The maximum Gasteiger partial charge on any atom is 0.306 e. The minimum atomic E-state index is -0.632. The van der Waals surface area contributed by atoms with E-state index in [0.29, 0.717) is 18.3 Å². The fourth-order valence-corrected chi connectivity index (χ4v) is 6.24. The van der Waals surface area contributed by atoms with Gasteiger partial charge in [-0.25, -0.2) is 0 Å². The Bertz CT molecular complexity index is 1110. The molecular weight excluding hydrogens is 368 g/mol. The second kappa shape index (κ2) is 7.11. The van der Waals surface area contributed by atoms with E-state index >= 15 is 0 Å². The zero-order valence-corrected chi connectivity index (χ0v) is 18.5. The third kappa shape index (κ3) is 3.31. The number of hydrogen-bond donors (Lipinski definition) is 0. The summed E-state index contributed by atoms with van der Waals surface area (Å²) in [5.74, 6) is 3.53. The van der Waals surface area contributed by atoms with Crippen LogP contribution in [0.5, 0.6) is 0 Å². The lowest BCUT2D eigenvalue weighted by Gasteiger charge is -2.32. The number of ether oxygens (including phenoxy) is 1. The van der Waals surface area contributed by atoms with Crippen LogP contribution in [0.1, 0.15) is 52.5 Å². The number of carbonyl (C=O) groups excluding carboxylic acids is 1. The molecule has 0 saturated heterocycles. The van der Waals surface area contributed by atoms with Crippen LogP contribution in [0.15, 0.2) is 54.6 Å². The number of rotatable bonds is 4. The topological polar surface area (TPSA) is 26.3 Å². The molecule has 2 saturated carbocycles. The van der Waals surface area contributed by atoms with Gasteiger partial charge in [-0.3, -0.25) is 4.79 Å². The first kappa shape index (κ1) is 19.6. The molecule has 0 amide bonds. The fourth-order valence-electron chi connectivity index (χ4n) is 6.24. The third-order valence-corrected chi connectivity index (χ3v) is 8.23. The summed E-state index contributed by atoms with van der Waals surface area (Å²) in [5.41, 5.74) is 0.418. The molecule has 3 aromatic rings. The fraction of sp³-hybridized carbons (Fsp3) is 0.464. The summed E-state index contributed by atoms with van der Waals surface area (Å²) < 4.78 is 6.05. The van der Waals surface area contributed by atoms with E-state index in [1.54, 1.807) is 0 Å². The van der Waals surface area contributed by atoms with Gasteiger partial charge in [-0.05, 0) is 102 Å². The first-order chi connectivity index (χ1) is 14.3. The van der Waals surface area contributed by atoms with Gasteiger partial charge in [0.25, 0.3) is 0 Å². The zero-order chi connectivity index (χ0) is 21.0. The highest BCUT2D eigenvalue weighted by Gasteiger charge is 2.49. The minimum Gasteiger partial charge on any atom is -0.455 e. The van der Waals surface area contributed by atoms with E-state index in [1.165, 1.54) is 34.4 Å². The summed E-state index contributed by atoms with van der Waals surface area (Å²) in [4.78, 5) is 12.9. The molecular formula is C28H32O2. The molecule has 2 aliphatic carbocycles. The summed E-state index contributed by atoms with van der Waals surface area (Å²) in [6, 6.07) is 19.3. The molecule has 2 heteroatoms. The summed E-state index contributed by atoms with van der Waals surface area (Å²) in [5, 5.41) is 4.88. The van der Waals surface area contributed by atoms with Gasteiger partial charge in [-0.2, -0.15) is 0 Å². The Labute approximate surface area is 179 Å². The maximum absolute atomic E-state index is 12.9. The van der Waals surface area contributed by atoms with E-state index in [-0.39, 0.29) is 5.97 Å². The van der Waals surface area contributed by atoms with Crippen molar-refractivity contribution in [2.45, 2.75) is 52.6 Å².